The van der Waals surface area contributed by atoms with E-state index in [2.05, 4.69) is 10.6 Å². The van der Waals surface area contributed by atoms with Crippen LogP contribution in [0.1, 0.15) is 12.5 Å². The molecule has 92 valence electrons. The number of carbonyl (C=O) groups is 1. The number of guanidine groups is 1. The van der Waals surface area contributed by atoms with Crippen LogP contribution >= 0.6 is 0 Å². The van der Waals surface area contributed by atoms with Gasteiger partial charge in [0.25, 0.3) is 0 Å². The summed E-state index contributed by atoms with van der Waals surface area (Å²) in [6, 6.07) is 4.94. The lowest BCUT2D eigenvalue weighted by atomic mass is 10.1. The van der Waals surface area contributed by atoms with Crippen LogP contribution in [0.2, 0.25) is 0 Å². The highest BCUT2D eigenvalue weighted by molar-refractivity contribution is 6.01. The van der Waals surface area contributed by atoms with Gasteiger partial charge in [-0.1, -0.05) is 19.1 Å². The molecule has 1 rings (SSSR count). The van der Waals surface area contributed by atoms with Crippen molar-refractivity contribution in [2.75, 3.05) is 12.4 Å². The molecule has 0 aliphatic heterocycles. The molecule has 0 unspecified atom stereocenters. The molecule has 0 radical (unpaired) electrons. The minimum absolute atomic E-state index is 0.407. The minimum Gasteiger partial charge on any atom is -0.495 e. The Morgan fingerprint density at radius 1 is 1.53 bits per heavy atom. The number of nitrogens with two attached hydrogens (primary N) is 1. The third kappa shape index (κ3) is 3.37. The Bertz CT molecular complexity index is 409. The van der Waals surface area contributed by atoms with Crippen LogP contribution in [-0.2, 0) is 6.42 Å². The molecule has 6 heteroatoms. The lowest BCUT2D eigenvalue weighted by Crippen LogP contribution is -2.38. The molecule has 17 heavy (non-hydrogen) atoms. The summed E-state index contributed by atoms with van der Waals surface area (Å²) >= 11 is 0. The third-order valence-electron chi connectivity index (χ3n) is 2.20. The monoisotopic (exact) mass is 236 g/mol. The van der Waals surface area contributed by atoms with Crippen molar-refractivity contribution in [1.29, 1.82) is 5.41 Å². The largest absolute Gasteiger partial charge is 0.495 e. The molecule has 0 saturated heterocycles. The number of aryl methyl sites for hydroxylation is 1. The van der Waals surface area contributed by atoms with Gasteiger partial charge >= 0.3 is 6.03 Å². The molecule has 0 aromatic heterocycles. The summed E-state index contributed by atoms with van der Waals surface area (Å²) in [5, 5.41) is 11.7. The Morgan fingerprint density at radius 3 is 2.76 bits per heavy atom. The minimum atomic E-state index is -0.559. The van der Waals surface area contributed by atoms with Crippen LogP contribution in [0.25, 0.3) is 0 Å². The second-order valence-electron chi connectivity index (χ2n) is 3.34. The van der Waals surface area contributed by atoms with Crippen LogP contribution in [0.5, 0.6) is 5.75 Å². The zero-order valence-electron chi connectivity index (χ0n) is 9.83. The van der Waals surface area contributed by atoms with Gasteiger partial charge in [-0.3, -0.25) is 10.7 Å². The van der Waals surface area contributed by atoms with E-state index in [1.165, 1.54) is 7.11 Å². The zero-order valence-corrected chi connectivity index (χ0v) is 9.83. The summed E-state index contributed by atoms with van der Waals surface area (Å²) in [7, 11) is 1.53. The summed E-state index contributed by atoms with van der Waals surface area (Å²) in [4.78, 5) is 11.5. The van der Waals surface area contributed by atoms with Gasteiger partial charge in [0.15, 0.2) is 5.96 Å². The molecule has 1 aromatic rings. The second-order valence-corrected chi connectivity index (χ2v) is 3.34. The van der Waals surface area contributed by atoms with Crippen LogP contribution in [0, 0.1) is 5.41 Å². The van der Waals surface area contributed by atoms with Gasteiger partial charge < -0.3 is 15.8 Å². The number of benzene rings is 1. The fraction of sp³-hybridized carbons (Fsp3) is 0.273. The second kappa shape index (κ2) is 5.74. The fourth-order valence-electron chi connectivity index (χ4n) is 1.45. The molecule has 0 saturated carbocycles. The average Bonchev–Trinajstić information content (AvgIpc) is 2.28. The van der Waals surface area contributed by atoms with Crippen molar-refractivity contribution in [3.63, 3.8) is 0 Å². The first-order valence-corrected chi connectivity index (χ1v) is 5.16. The Balaban J connectivity index is 2.95. The predicted octanol–water partition coefficient (Wildman–Crippen LogP) is 1.27. The van der Waals surface area contributed by atoms with Gasteiger partial charge in [0.1, 0.15) is 5.75 Å². The van der Waals surface area contributed by atoms with Crippen LogP contribution < -0.4 is 21.1 Å². The van der Waals surface area contributed by atoms with Crippen molar-refractivity contribution in [2.24, 2.45) is 5.73 Å². The van der Waals surface area contributed by atoms with E-state index in [9.17, 15) is 4.79 Å². The Morgan fingerprint density at radius 2 is 2.24 bits per heavy atom. The number of para-hydroxylation sites is 1. The SMILES string of the molecule is CCc1cccc(OC)c1NC(=O)NC(=N)N. The Hall–Kier alpha value is -2.24. The molecule has 0 fully saturated rings. The molecule has 5 N–H and O–H groups in total. The highest BCUT2D eigenvalue weighted by Gasteiger charge is 2.11. The summed E-state index contributed by atoms with van der Waals surface area (Å²) < 4.78 is 5.17. The number of carbonyl (C=O) groups excluding carboxylic acids is 1. The smallest absolute Gasteiger partial charge is 0.326 e. The van der Waals surface area contributed by atoms with Crippen molar-refractivity contribution in [1.82, 2.24) is 5.32 Å². The Labute approximate surface area is 99.7 Å². The number of nitrogens with one attached hydrogen (secondary N) is 3. The molecule has 1 aromatic carbocycles. The maximum absolute atomic E-state index is 11.5. The van der Waals surface area contributed by atoms with Crippen molar-refractivity contribution >= 4 is 17.7 Å². The predicted molar refractivity (Wildman–Crippen MR) is 66.4 cm³/mol. The number of methoxy groups -OCH3 is 1. The molecule has 0 aliphatic carbocycles. The van der Waals surface area contributed by atoms with E-state index in [0.717, 1.165) is 12.0 Å². The molecule has 2 amide bonds. The first-order valence-electron chi connectivity index (χ1n) is 5.16. The topological polar surface area (TPSA) is 100 Å². The number of ether oxygens (including phenoxy) is 1. The van der Waals surface area contributed by atoms with E-state index < -0.39 is 12.0 Å². The standard InChI is InChI=1S/C11H16N4O2/c1-3-7-5-4-6-8(17-2)9(7)14-11(16)15-10(12)13/h4-6H,3H2,1-2H3,(H5,12,13,14,15,16). The number of hydrogen-bond acceptors (Lipinski definition) is 3. The lowest BCUT2D eigenvalue weighted by molar-refractivity contribution is 0.256. The highest BCUT2D eigenvalue weighted by Crippen LogP contribution is 2.28. The van der Waals surface area contributed by atoms with E-state index in [1.807, 2.05) is 19.1 Å². The van der Waals surface area contributed by atoms with Crippen molar-refractivity contribution in [2.45, 2.75) is 13.3 Å². The maximum atomic E-state index is 11.5. The number of anilines is 1. The highest BCUT2D eigenvalue weighted by atomic mass is 16.5. The molecule has 0 spiro atoms. The molecule has 0 atom stereocenters. The third-order valence-corrected chi connectivity index (χ3v) is 2.20. The quantitative estimate of drug-likeness (QED) is 0.469. The summed E-state index contributed by atoms with van der Waals surface area (Å²) in [6.45, 7) is 1.98. The van der Waals surface area contributed by atoms with E-state index in [0.29, 0.717) is 11.4 Å². The van der Waals surface area contributed by atoms with E-state index in [1.54, 1.807) is 6.07 Å². The summed E-state index contributed by atoms with van der Waals surface area (Å²) in [5.41, 5.74) is 6.61. The molecule has 6 nitrogen and oxygen atoms in total. The number of rotatable bonds is 3. The van der Waals surface area contributed by atoms with E-state index in [-0.39, 0.29) is 0 Å². The summed E-state index contributed by atoms with van der Waals surface area (Å²) in [5.74, 6) is 0.165. The molecule has 0 heterocycles. The van der Waals surface area contributed by atoms with Crippen molar-refractivity contribution < 1.29 is 9.53 Å². The molecular weight excluding hydrogens is 220 g/mol. The van der Waals surface area contributed by atoms with Gasteiger partial charge in [0.2, 0.25) is 0 Å². The van der Waals surface area contributed by atoms with Gasteiger partial charge in [-0.15, -0.1) is 0 Å². The normalized spacial score (nSPS) is 9.53. The van der Waals surface area contributed by atoms with E-state index >= 15 is 0 Å². The van der Waals surface area contributed by atoms with Gasteiger partial charge in [0, 0.05) is 0 Å². The molecule has 0 bridgehead atoms. The molecule has 0 aliphatic rings. The fourth-order valence-corrected chi connectivity index (χ4v) is 1.45. The van der Waals surface area contributed by atoms with Crippen LogP contribution in [-0.4, -0.2) is 19.1 Å². The average molecular weight is 236 g/mol. The zero-order chi connectivity index (χ0) is 12.8. The Kier molecular flexibility index (Phi) is 4.33. The van der Waals surface area contributed by atoms with Gasteiger partial charge in [-0.2, -0.15) is 0 Å². The van der Waals surface area contributed by atoms with Crippen LogP contribution in [0.4, 0.5) is 10.5 Å². The van der Waals surface area contributed by atoms with Gasteiger partial charge in [0.05, 0.1) is 12.8 Å². The van der Waals surface area contributed by atoms with Crippen molar-refractivity contribution in [3.05, 3.63) is 23.8 Å². The molecular formula is C11H16N4O2. The van der Waals surface area contributed by atoms with Crippen LogP contribution in [0.15, 0.2) is 18.2 Å². The van der Waals surface area contributed by atoms with Crippen molar-refractivity contribution in [3.8, 4) is 5.75 Å². The number of urea groups is 1. The van der Waals surface area contributed by atoms with Gasteiger partial charge in [-0.05, 0) is 18.1 Å². The maximum Gasteiger partial charge on any atom is 0.326 e. The lowest BCUT2D eigenvalue weighted by Gasteiger charge is -2.14. The van der Waals surface area contributed by atoms with Gasteiger partial charge in [-0.25, -0.2) is 4.79 Å². The first-order chi connectivity index (χ1) is 8.08. The van der Waals surface area contributed by atoms with Crippen LogP contribution in [0.3, 0.4) is 0 Å². The number of amides is 2. The van der Waals surface area contributed by atoms with E-state index in [4.69, 9.17) is 15.9 Å². The number of hydrogen-bond donors (Lipinski definition) is 4. The summed E-state index contributed by atoms with van der Waals surface area (Å²) in [6.07, 6.45) is 0.757. The first kappa shape index (κ1) is 12.8.